The van der Waals surface area contributed by atoms with Gasteiger partial charge in [-0.2, -0.15) is 0 Å². The summed E-state index contributed by atoms with van der Waals surface area (Å²) in [5.74, 6) is -1.96. The normalized spacial score (nSPS) is 18.4. The standard InChI is InChI=1S/C22H20N2O5/c1-14-6-8-16(9-7-14)24-13-15(12-19(24)25)22(28)29-11-10-23-20(26)17-4-2-3-5-18(17)21(23)27/h2-9,15H,10-13H2,1H3/t15-/m0/s1. The highest BCUT2D eigenvalue weighted by Crippen LogP contribution is 2.26. The number of nitrogens with zero attached hydrogens (tertiary/aromatic N) is 2. The SMILES string of the molecule is Cc1ccc(N2C[C@@H](C(=O)OCCN3C(=O)c4ccccc4C3=O)CC2=O)cc1. The van der Waals surface area contributed by atoms with Gasteiger partial charge in [0.25, 0.3) is 11.8 Å². The number of imide groups is 1. The van der Waals surface area contributed by atoms with Crippen LogP contribution in [0.5, 0.6) is 0 Å². The summed E-state index contributed by atoms with van der Waals surface area (Å²) >= 11 is 0. The van der Waals surface area contributed by atoms with E-state index in [2.05, 4.69) is 0 Å². The molecule has 148 valence electrons. The molecule has 0 unspecified atom stereocenters. The highest BCUT2D eigenvalue weighted by Gasteiger charge is 2.37. The molecular formula is C22H20N2O5. The van der Waals surface area contributed by atoms with Crippen LogP contribution in [0.1, 0.15) is 32.7 Å². The Kier molecular flexibility index (Phi) is 4.88. The van der Waals surface area contributed by atoms with Gasteiger partial charge in [0.2, 0.25) is 5.91 Å². The molecule has 2 aromatic carbocycles. The molecule has 0 saturated carbocycles. The maximum absolute atomic E-state index is 12.4. The summed E-state index contributed by atoms with van der Waals surface area (Å²) in [7, 11) is 0. The minimum atomic E-state index is -0.564. The first-order valence-electron chi connectivity index (χ1n) is 9.44. The van der Waals surface area contributed by atoms with Crippen molar-refractivity contribution < 1.29 is 23.9 Å². The van der Waals surface area contributed by atoms with Crippen molar-refractivity contribution in [2.45, 2.75) is 13.3 Å². The molecule has 2 aromatic rings. The Bertz CT molecular complexity index is 964. The van der Waals surface area contributed by atoms with E-state index in [9.17, 15) is 19.2 Å². The summed E-state index contributed by atoms with van der Waals surface area (Å²) in [6.45, 7) is 2.11. The van der Waals surface area contributed by atoms with Gasteiger partial charge in [0, 0.05) is 18.7 Å². The molecule has 1 fully saturated rings. The molecule has 0 N–H and O–H groups in total. The molecule has 0 aliphatic carbocycles. The third-order valence-electron chi connectivity index (χ3n) is 5.24. The maximum Gasteiger partial charge on any atom is 0.311 e. The summed E-state index contributed by atoms with van der Waals surface area (Å²) in [5, 5.41) is 0. The number of anilines is 1. The molecule has 1 saturated heterocycles. The van der Waals surface area contributed by atoms with E-state index in [0.29, 0.717) is 11.1 Å². The van der Waals surface area contributed by atoms with Crippen molar-refractivity contribution in [2.24, 2.45) is 5.92 Å². The monoisotopic (exact) mass is 392 g/mol. The quantitative estimate of drug-likeness (QED) is 0.575. The highest BCUT2D eigenvalue weighted by atomic mass is 16.5. The van der Waals surface area contributed by atoms with Gasteiger partial charge in [0.15, 0.2) is 0 Å². The molecule has 7 heteroatoms. The van der Waals surface area contributed by atoms with Crippen molar-refractivity contribution in [3.8, 4) is 0 Å². The molecule has 4 rings (SSSR count). The lowest BCUT2D eigenvalue weighted by Crippen LogP contribution is -2.34. The number of carbonyl (C=O) groups excluding carboxylic acids is 4. The van der Waals surface area contributed by atoms with E-state index in [0.717, 1.165) is 16.2 Å². The highest BCUT2D eigenvalue weighted by molar-refractivity contribution is 6.21. The van der Waals surface area contributed by atoms with E-state index in [1.165, 1.54) is 0 Å². The number of ether oxygens (including phenoxy) is 1. The summed E-state index contributed by atoms with van der Waals surface area (Å²) < 4.78 is 5.27. The van der Waals surface area contributed by atoms with Gasteiger partial charge in [-0.05, 0) is 31.2 Å². The molecule has 2 heterocycles. The zero-order chi connectivity index (χ0) is 20.5. The topological polar surface area (TPSA) is 84.0 Å². The van der Waals surface area contributed by atoms with E-state index >= 15 is 0 Å². The molecular weight excluding hydrogens is 372 g/mol. The van der Waals surface area contributed by atoms with Crippen LogP contribution in [0.3, 0.4) is 0 Å². The zero-order valence-corrected chi connectivity index (χ0v) is 16.0. The van der Waals surface area contributed by atoms with Crippen molar-refractivity contribution in [3.63, 3.8) is 0 Å². The van der Waals surface area contributed by atoms with Gasteiger partial charge in [0.05, 0.1) is 23.6 Å². The Hall–Kier alpha value is -3.48. The molecule has 3 amide bonds. The van der Waals surface area contributed by atoms with E-state index in [1.807, 2.05) is 31.2 Å². The number of esters is 1. The second-order valence-electron chi connectivity index (χ2n) is 7.22. The van der Waals surface area contributed by atoms with Crippen LogP contribution in [-0.4, -0.2) is 48.3 Å². The lowest BCUT2D eigenvalue weighted by molar-refractivity contribution is -0.148. The average Bonchev–Trinajstić information content (AvgIpc) is 3.22. The first-order valence-corrected chi connectivity index (χ1v) is 9.44. The number of fused-ring (bicyclic) bond motifs is 1. The van der Waals surface area contributed by atoms with Crippen LogP contribution in [0.4, 0.5) is 5.69 Å². The van der Waals surface area contributed by atoms with E-state index < -0.39 is 11.9 Å². The molecule has 0 spiro atoms. The first kappa shape index (κ1) is 18.9. The Morgan fingerprint density at radius 3 is 2.24 bits per heavy atom. The van der Waals surface area contributed by atoms with Crippen LogP contribution < -0.4 is 4.90 Å². The van der Waals surface area contributed by atoms with E-state index in [4.69, 9.17) is 4.74 Å². The predicted octanol–water partition coefficient (Wildman–Crippen LogP) is 2.19. The summed E-state index contributed by atoms with van der Waals surface area (Å²) in [6, 6.07) is 14.1. The number of hydrogen-bond donors (Lipinski definition) is 0. The fourth-order valence-corrected chi connectivity index (χ4v) is 3.64. The number of carbonyl (C=O) groups is 4. The van der Waals surface area contributed by atoms with Crippen LogP contribution >= 0.6 is 0 Å². The third-order valence-corrected chi connectivity index (χ3v) is 5.24. The third kappa shape index (κ3) is 3.51. The van der Waals surface area contributed by atoms with Crippen molar-refractivity contribution in [2.75, 3.05) is 24.6 Å². The second kappa shape index (κ2) is 7.50. The maximum atomic E-state index is 12.4. The zero-order valence-electron chi connectivity index (χ0n) is 16.0. The van der Waals surface area contributed by atoms with Gasteiger partial charge in [0.1, 0.15) is 6.61 Å². The molecule has 7 nitrogen and oxygen atoms in total. The van der Waals surface area contributed by atoms with Crippen molar-refractivity contribution >= 4 is 29.4 Å². The molecule has 0 bridgehead atoms. The minimum absolute atomic E-state index is 0.0135. The molecule has 1 atom stereocenters. The van der Waals surface area contributed by atoms with Gasteiger partial charge >= 0.3 is 5.97 Å². The summed E-state index contributed by atoms with van der Waals surface area (Å²) in [5.41, 5.74) is 2.56. The second-order valence-corrected chi connectivity index (χ2v) is 7.22. The van der Waals surface area contributed by atoms with Crippen LogP contribution in [-0.2, 0) is 14.3 Å². The van der Waals surface area contributed by atoms with Crippen molar-refractivity contribution in [3.05, 3.63) is 65.2 Å². The number of aryl methyl sites for hydroxylation is 1. The van der Waals surface area contributed by atoms with Crippen molar-refractivity contribution in [1.29, 1.82) is 0 Å². The molecule has 29 heavy (non-hydrogen) atoms. The Morgan fingerprint density at radius 1 is 1.00 bits per heavy atom. The van der Waals surface area contributed by atoms with Crippen LogP contribution in [0, 0.1) is 12.8 Å². The summed E-state index contributed by atoms with van der Waals surface area (Å²) in [4.78, 5) is 52.0. The van der Waals surface area contributed by atoms with Gasteiger partial charge in [-0.25, -0.2) is 0 Å². The smallest absolute Gasteiger partial charge is 0.311 e. The van der Waals surface area contributed by atoms with Gasteiger partial charge in [-0.3, -0.25) is 24.1 Å². The van der Waals surface area contributed by atoms with Gasteiger partial charge in [-0.15, -0.1) is 0 Å². The van der Waals surface area contributed by atoms with Crippen LogP contribution in [0.15, 0.2) is 48.5 Å². The van der Waals surface area contributed by atoms with Gasteiger partial charge < -0.3 is 9.64 Å². The number of benzene rings is 2. The summed E-state index contributed by atoms with van der Waals surface area (Å²) in [6.07, 6.45) is 0.0831. The number of hydrogen-bond acceptors (Lipinski definition) is 5. The first-order chi connectivity index (χ1) is 14.0. The fraction of sp³-hybridized carbons (Fsp3) is 0.273. The van der Waals surface area contributed by atoms with Crippen LogP contribution in [0.2, 0.25) is 0 Å². The van der Waals surface area contributed by atoms with E-state index in [-0.39, 0.29) is 43.8 Å². The molecule has 0 radical (unpaired) electrons. The molecule has 2 aliphatic heterocycles. The largest absolute Gasteiger partial charge is 0.464 e. The average molecular weight is 392 g/mol. The molecule has 0 aromatic heterocycles. The van der Waals surface area contributed by atoms with Crippen LogP contribution in [0.25, 0.3) is 0 Å². The number of rotatable bonds is 5. The lowest BCUT2D eigenvalue weighted by Gasteiger charge is -2.17. The van der Waals surface area contributed by atoms with E-state index in [1.54, 1.807) is 29.2 Å². The predicted molar refractivity (Wildman–Crippen MR) is 104 cm³/mol. The van der Waals surface area contributed by atoms with Crippen molar-refractivity contribution in [1.82, 2.24) is 4.90 Å². The Labute approximate surface area is 167 Å². The fourth-order valence-electron chi connectivity index (χ4n) is 3.64. The Morgan fingerprint density at radius 2 is 1.62 bits per heavy atom. The lowest BCUT2D eigenvalue weighted by atomic mass is 10.1. The Balaban J connectivity index is 1.32. The van der Waals surface area contributed by atoms with Gasteiger partial charge in [-0.1, -0.05) is 29.8 Å². The number of amides is 3. The molecule has 2 aliphatic rings. The minimum Gasteiger partial charge on any atom is -0.464 e.